The van der Waals surface area contributed by atoms with E-state index in [-0.39, 0.29) is 12.5 Å². The molecule has 0 saturated heterocycles. The molecule has 2 aromatic heterocycles. The summed E-state index contributed by atoms with van der Waals surface area (Å²) in [5.41, 5.74) is 1.64. The normalized spacial score (nSPS) is 10.6. The van der Waals surface area contributed by atoms with Gasteiger partial charge in [0.15, 0.2) is 18.0 Å². The predicted octanol–water partition coefficient (Wildman–Crippen LogP) is 2.73. The van der Waals surface area contributed by atoms with E-state index >= 15 is 0 Å². The average molecular weight is 360 g/mol. The van der Waals surface area contributed by atoms with Gasteiger partial charge in [0, 0.05) is 30.4 Å². The second-order valence-electron chi connectivity index (χ2n) is 5.38. The lowest BCUT2D eigenvalue weighted by Gasteiger charge is -2.06. The highest BCUT2D eigenvalue weighted by atomic mass is 35.5. The number of nitrogens with one attached hydrogen (secondary N) is 1. The Hall–Kier alpha value is -2.73. The fourth-order valence-electron chi connectivity index (χ4n) is 2.38. The number of hydrogen-bond acceptors (Lipinski definition) is 4. The molecular weight excluding hydrogens is 342 g/mol. The van der Waals surface area contributed by atoms with Crippen LogP contribution in [0.4, 0.5) is 0 Å². The fraction of sp³-hybridized carbons (Fsp3) is 0.222. The van der Waals surface area contributed by atoms with Crippen LogP contribution in [0.3, 0.4) is 0 Å². The Morgan fingerprint density at radius 2 is 2.08 bits per heavy atom. The van der Waals surface area contributed by atoms with Crippen LogP contribution in [-0.2, 0) is 11.2 Å². The first-order valence-corrected chi connectivity index (χ1v) is 8.19. The maximum atomic E-state index is 11.8. The molecule has 6 nitrogen and oxygen atoms in total. The van der Waals surface area contributed by atoms with Gasteiger partial charge in [0.25, 0.3) is 5.91 Å². The van der Waals surface area contributed by atoms with Gasteiger partial charge in [0.2, 0.25) is 0 Å². The number of imidazole rings is 1. The maximum Gasteiger partial charge on any atom is 0.257 e. The van der Waals surface area contributed by atoms with E-state index in [1.807, 2.05) is 28.9 Å². The standard InChI is InChI=1S/C18H18ClN3O3/c1-24-16-3-2-10-22-11-14(21-18(16)22)8-9-20-17(23)12-25-15-6-4-13(19)5-7-15/h2-7,10-11H,8-9,12H2,1H3,(H,20,23). The second kappa shape index (κ2) is 7.90. The number of nitrogens with zero attached hydrogens (tertiary/aromatic N) is 2. The summed E-state index contributed by atoms with van der Waals surface area (Å²) in [6.45, 7) is 0.440. The van der Waals surface area contributed by atoms with E-state index in [1.165, 1.54) is 0 Å². The molecule has 1 aromatic carbocycles. The van der Waals surface area contributed by atoms with Crippen LogP contribution in [0.25, 0.3) is 5.65 Å². The van der Waals surface area contributed by atoms with Crippen LogP contribution < -0.4 is 14.8 Å². The fourth-order valence-corrected chi connectivity index (χ4v) is 2.50. The van der Waals surface area contributed by atoms with Crippen molar-refractivity contribution >= 4 is 23.2 Å². The zero-order valence-electron chi connectivity index (χ0n) is 13.7. The van der Waals surface area contributed by atoms with Crippen molar-refractivity contribution in [3.8, 4) is 11.5 Å². The number of carbonyl (C=O) groups excluding carboxylic acids is 1. The van der Waals surface area contributed by atoms with Gasteiger partial charge in [-0.25, -0.2) is 4.98 Å². The Bertz CT molecular complexity index is 862. The molecule has 2 heterocycles. The lowest BCUT2D eigenvalue weighted by Crippen LogP contribution is -2.30. The van der Waals surface area contributed by atoms with Gasteiger partial charge in [-0.15, -0.1) is 0 Å². The molecule has 7 heteroatoms. The first-order valence-electron chi connectivity index (χ1n) is 7.81. The smallest absolute Gasteiger partial charge is 0.257 e. The number of ether oxygens (including phenoxy) is 2. The SMILES string of the molecule is COc1cccn2cc(CCNC(=O)COc3ccc(Cl)cc3)nc12. The average Bonchev–Trinajstić information content (AvgIpc) is 3.04. The molecule has 0 saturated carbocycles. The van der Waals surface area contributed by atoms with Gasteiger partial charge in [-0.1, -0.05) is 11.6 Å². The minimum atomic E-state index is -0.184. The molecule has 0 radical (unpaired) electrons. The number of amides is 1. The van der Waals surface area contributed by atoms with Crippen molar-refractivity contribution in [2.45, 2.75) is 6.42 Å². The van der Waals surface area contributed by atoms with Gasteiger partial charge in [-0.3, -0.25) is 4.79 Å². The predicted molar refractivity (Wildman–Crippen MR) is 95.4 cm³/mol. The highest BCUT2D eigenvalue weighted by molar-refractivity contribution is 6.30. The van der Waals surface area contributed by atoms with Gasteiger partial charge < -0.3 is 19.2 Å². The molecular formula is C18H18ClN3O3. The summed E-state index contributed by atoms with van der Waals surface area (Å²) < 4.78 is 12.6. The molecule has 25 heavy (non-hydrogen) atoms. The zero-order valence-corrected chi connectivity index (χ0v) is 14.5. The summed E-state index contributed by atoms with van der Waals surface area (Å²) in [5, 5.41) is 3.44. The van der Waals surface area contributed by atoms with E-state index in [1.54, 1.807) is 31.4 Å². The lowest BCUT2D eigenvalue weighted by molar-refractivity contribution is -0.123. The van der Waals surface area contributed by atoms with Crippen LogP contribution in [0.1, 0.15) is 5.69 Å². The van der Waals surface area contributed by atoms with Crippen molar-refractivity contribution in [1.82, 2.24) is 14.7 Å². The van der Waals surface area contributed by atoms with Gasteiger partial charge in [-0.05, 0) is 36.4 Å². The molecule has 0 unspecified atom stereocenters. The van der Waals surface area contributed by atoms with E-state index in [0.717, 1.165) is 11.3 Å². The number of aromatic nitrogens is 2. The number of rotatable bonds is 7. The number of pyridine rings is 1. The molecule has 0 bridgehead atoms. The number of halogens is 1. The van der Waals surface area contributed by atoms with Crippen LogP contribution >= 0.6 is 11.6 Å². The Kier molecular flexibility index (Phi) is 5.40. The van der Waals surface area contributed by atoms with Crippen LogP contribution in [0.15, 0.2) is 48.8 Å². The minimum Gasteiger partial charge on any atom is -0.493 e. The molecule has 3 aromatic rings. The van der Waals surface area contributed by atoms with Gasteiger partial charge in [-0.2, -0.15) is 0 Å². The molecule has 3 rings (SSSR count). The Morgan fingerprint density at radius 1 is 1.28 bits per heavy atom. The molecule has 0 spiro atoms. The maximum absolute atomic E-state index is 11.8. The number of hydrogen-bond donors (Lipinski definition) is 1. The van der Waals surface area contributed by atoms with Gasteiger partial charge in [0.1, 0.15) is 5.75 Å². The Labute approximate surface area is 150 Å². The van der Waals surface area contributed by atoms with Crippen molar-refractivity contribution in [3.63, 3.8) is 0 Å². The monoisotopic (exact) mass is 359 g/mol. The third-order valence-electron chi connectivity index (χ3n) is 3.60. The van der Waals surface area contributed by atoms with Gasteiger partial charge in [0.05, 0.1) is 12.8 Å². The molecule has 0 aliphatic rings. The lowest BCUT2D eigenvalue weighted by atomic mass is 10.3. The van der Waals surface area contributed by atoms with Crippen molar-refractivity contribution in [2.24, 2.45) is 0 Å². The van der Waals surface area contributed by atoms with E-state index in [4.69, 9.17) is 21.1 Å². The van der Waals surface area contributed by atoms with Gasteiger partial charge >= 0.3 is 0 Å². The highest BCUT2D eigenvalue weighted by Crippen LogP contribution is 2.18. The van der Waals surface area contributed by atoms with E-state index in [0.29, 0.717) is 29.5 Å². The summed E-state index contributed by atoms with van der Waals surface area (Å²) in [4.78, 5) is 16.4. The minimum absolute atomic E-state index is 0.0411. The van der Waals surface area contributed by atoms with Crippen molar-refractivity contribution in [3.05, 3.63) is 59.5 Å². The van der Waals surface area contributed by atoms with Crippen LogP contribution in [-0.4, -0.2) is 35.6 Å². The second-order valence-corrected chi connectivity index (χ2v) is 5.82. The largest absolute Gasteiger partial charge is 0.493 e. The van der Waals surface area contributed by atoms with E-state index in [2.05, 4.69) is 10.3 Å². The number of fused-ring (bicyclic) bond motifs is 1. The summed E-state index contributed by atoms with van der Waals surface area (Å²) in [5.74, 6) is 1.14. The summed E-state index contributed by atoms with van der Waals surface area (Å²) in [6, 6.07) is 10.6. The molecule has 0 aliphatic carbocycles. The molecule has 0 aliphatic heterocycles. The Morgan fingerprint density at radius 3 is 2.84 bits per heavy atom. The first-order chi connectivity index (χ1) is 12.2. The molecule has 130 valence electrons. The molecule has 0 fully saturated rings. The number of benzene rings is 1. The van der Waals surface area contributed by atoms with Crippen molar-refractivity contribution in [1.29, 1.82) is 0 Å². The summed E-state index contributed by atoms with van der Waals surface area (Å²) in [7, 11) is 1.62. The Balaban J connectivity index is 1.47. The highest BCUT2D eigenvalue weighted by Gasteiger charge is 2.07. The third kappa shape index (κ3) is 4.42. The first kappa shape index (κ1) is 17.1. The van der Waals surface area contributed by atoms with Crippen molar-refractivity contribution < 1.29 is 14.3 Å². The zero-order chi connectivity index (χ0) is 17.6. The summed E-state index contributed by atoms with van der Waals surface area (Å²) >= 11 is 5.80. The number of methoxy groups -OCH3 is 1. The van der Waals surface area contributed by atoms with Crippen LogP contribution in [0.2, 0.25) is 5.02 Å². The third-order valence-corrected chi connectivity index (χ3v) is 3.86. The van der Waals surface area contributed by atoms with Crippen LogP contribution in [0.5, 0.6) is 11.5 Å². The molecule has 0 atom stereocenters. The summed E-state index contributed by atoms with van der Waals surface area (Å²) in [6.07, 6.45) is 4.46. The molecule has 1 N–H and O–H groups in total. The quantitative estimate of drug-likeness (QED) is 0.704. The van der Waals surface area contributed by atoms with E-state index in [9.17, 15) is 4.79 Å². The van der Waals surface area contributed by atoms with Crippen LogP contribution in [0, 0.1) is 0 Å². The topological polar surface area (TPSA) is 64.9 Å². The van der Waals surface area contributed by atoms with Crippen molar-refractivity contribution in [2.75, 3.05) is 20.3 Å². The molecule has 1 amide bonds. The number of carbonyl (C=O) groups is 1. The van der Waals surface area contributed by atoms with E-state index < -0.39 is 0 Å².